The monoisotopic (exact) mass is 281 g/mol. The fraction of sp³-hybridized carbons (Fsp3) is 0.867. The highest BCUT2D eigenvalue weighted by molar-refractivity contribution is 5.83. The molecule has 4 aliphatic rings. The smallest absolute Gasteiger partial charge is 0.408 e. The van der Waals surface area contributed by atoms with E-state index in [9.17, 15) is 9.59 Å². The third kappa shape index (κ3) is 1.68. The molecule has 1 amide bonds. The fourth-order valence-electron chi connectivity index (χ4n) is 4.83. The van der Waals surface area contributed by atoms with Gasteiger partial charge in [0.1, 0.15) is 5.60 Å². The lowest BCUT2D eigenvalue weighted by Crippen LogP contribution is -2.58. The maximum Gasteiger partial charge on any atom is 0.408 e. The predicted molar refractivity (Wildman–Crippen MR) is 72.0 cm³/mol. The van der Waals surface area contributed by atoms with Crippen molar-refractivity contribution < 1.29 is 19.1 Å². The Morgan fingerprint density at radius 2 is 1.65 bits per heavy atom. The summed E-state index contributed by atoms with van der Waals surface area (Å²) in [7, 11) is 1.43. The summed E-state index contributed by atoms with van der Waals surface area (Å²) in [5.74, 6) is 0.920. The van der Waals surface area contributed by atoms with E-state index in [0.29, 0.717) is 11.8 Å². The van der Waals surface area contributed by atoms with E-state index in [1.807, 2.05) is 20.8 Å². The molecule has 0 aliphatic heterocycles. The van der Waals surface area contributed by atoms with Crippen LogP contribution in [-0.2, 0) is 14.3 Å². The first-order valence-electron chi connectivity index (χ1n) is 7.31. The number of carbonyl (C=O) groups excluding carboxylic acids is 2. The van der Waals surface area contributed by atoms with Gasteiger partial charge in [-0.1, -0.05) is 0 Å². The largest absolute Gasteiger partial charge is 0.469 e. The number of methoxy groups -OCH3 is 1. The highest BCUT2D eigenvalue weighted by atomic mass is 16.6. The van der Waals surface area contributed by atoms with Crippen LogP contribution in [0.25, 0.3) is 0 Å². The minimum Gasteiger partial charge on any atom is -0.469 e. The molecule has 5 heteroatoms. The molecule has 112 valence electrons. The fourth-order valence-corrected chi connectivity index (χ4v) is 4.83. The molecule has 0 radical (unpaired) electrons. The molecule has 4 bridgehead atoms. The molecule has 1 N–H and O–H groups in total. The minimum atomic E-state index is -0.529. The van der Waals surface area contributed by atoms with Crippen LogP contribution in [0.15, 0.2) is 0 Å². The van der Waals surface area contributed by atoms with Gasteiger partial charge in [-0.3, -0.25) is 4.79 Å². The van der Waals surface area contributed by atoms with Crippen LogP contribution >= 0.6 is 0 Å². The van der Waals surface area contributed by atoms with Gasteiger partial charge in [-0.05, 0) is 58.3 Å². The van der Waals surface area contributed by atoms with Crippen molar-refractivity contribution in [2.45, 2.75) is 57.6 Å². The van der Waals surface area contributed by atoms with Crippen molar-refractivity contribution in [3.8, 4) is 0 Å². The summed E-state index contributed by atoms with van der Waals surface area (Å²) in [6, 6.07) is 0. The van der Waals surface area contributed by atoms with Gasteiger partial charge in [-0.25, -0.2) is 4.79 Å². The lowest BCUT2D eigenvalue weighted by Gasteiger charge is -2.39. The van der Waals surface area contributed by atoms with Gasteiger partial charge in [-0.15, -0.1) is 0 Å². The van der Waals surface area contributed by atoms with E-state index >= 15 is 0 Å². The SMILES string of the molecule is COC(=O)C12CC3CC1(NC(=O)OC(C)(C)C)CC3C2. The molecule has 4 fully saturated rings. The van der Waals surface area contributed by atoms with Crippen molar-refractivity contribution in [2.75, 3.05) is 7.11 Å². The summed E-state index contributed by atoms with van der Waals surface area (Å²) in [6.45, 7) is 5.52. The van der Waals surface area contributed by atoms with Crippen molar-refractivity contribution >= 4 is 12.1 Å². The molecule has 0 aromatic rings. The number of amides is 1. The van der Waals surface area contributed by atoms with Gasteiger partial charge in [0.25, 0.3) is 0 Å². The Hall–Kier alpha value is -1.26. The van der Waals surface area contributed by atoms with Crippen LogP contribution in [0.1, 0.15) is 46.5 Å². The molecule has 4 rings (SSSR count). The standard InChI is InChI=1S/C15H23NO4/c1-13(2,3)20-12(18)16-15-7-9-5-14(15,11(17)19-4)6-10(9)8-15/h9-10H,5-8H2,1-4H3,(H,16,18). The Bertz CT molecular complexity index is 451. The van der Waals surface area contributed by atoms with Crippen molar-refractivity contribution in [3.05, 3.63) is 0 Å². The minimum absolute atomic E-state index is 0.170. The van der Waals surface area contributed by atoms with Gasteiger partial charge in [0.05, 0.1) is 18.1 Å². The molecule has 0 saturated heterocycles. The maximum atomic E-state index is 12.3. The highest BCUT2D eigenvalue weighted by Gasteiger charge is 2.76. The molecule has 4 aliphatic carbocycles. The summed E-state index contributed by atoms with van der Waals surface area (Å²) in [6.07, 6.45) is 3.03. The summed E-state index contributed by atoms with van der Waals surface area (Å²) < 4.78 is 10.4. The number of rotatable bonds is 2. The Balaban J connectivity index is 1.82. The molecule has 2 atom stereocenters. The molecule has 0 heterocycles. The summed E-state index contributed by atoms with van der Waals surface area (Å²) >= 11 is 0. The lowest BCUT2D eigenvalue weighted by molar-refractivity contribution is -0.155. The van der Waals surface area contributed by atoms with Crippen molar-refractivity contribution in [3.63, 3.8) is 0 Å². The molecule has 0 aromatic carbocycles. The number of ether oxygens (including phenoxy) is 2. The first-order chi connectivity index (χ1) is 9.21. The van der Waals surface area contributed by atoms with Crippen LogP contribution in [0.5, 0.6) is 0 Å². The number of hydrogen-bond acceptors (Lipinski definition) is 4. The lowest BCUT2D eigenvalue weighted by atomic mass is 9.74. The third-order valence-corrected chi connectivity index (χ3v) is 5.34. The molecule has 0 spiro atoms. The van der Waals surface area contributed by atoms with Gasteiger partial charge in [0.2, 0.25) is 0 Å². The Kier molecular flexibility index (Phi) is 2.67. The van der Waals surface area contributed by atoms with E-state index in [1.165, 1.54) is 7.11 Å². The summed E-state index contributed by atoms with van der Waals surface area (Å²) in [5, 5.41) is 3.03. The van der Waals surface area contributed by atoms with Crippen molar-refractivity contribution in [1.29, 1.82) is 0 Å². The van der Waals surface area contributed by atoms with E-state index in [0.717, 1.165) is 25.7 Å². The highest BCUT2D eigenvalue weighted by Crippen LogP contribution is 2.72. The summed E-state index contributed by atoms with van der Waals surface area (Å²) in [4.78, 5) is 24.4. The first-order valence-corrected chi connectivity index (χ1v) is 7.31. The number of nitrogens with one attached hydrogen (secondary N) is 1. The third-order valence-electron chi connectivity index (χ3n) is 5.34. The van der Waals surface area contributed by atoms with Crippen LogP contribution < -0.4 is 5.32 Å². The van der Waals surface area contributed by atoms with Crippen molar-refractivity contribution in [1.82, 2.24) is 5.32 Å². The average molecular weight is 281 g/mol. The van der Waals surface area contributed by atoms with Gasteiger partial charge >= 0.3 is 12.1 Å². The number of alkyl carbamates (subject to hydrolysis) is 1. The Morgan fingerprint density at radius 3 is 2.10 bits per heavy atom. The molecule has 20 heavy (non-hydrogen) atoms. The van der Waals surface area contributed by atoms with Crippen LogP contribution in [0.3, 0.4) is 0 Å². The normalized spacial score (nSPS) is 41.0. The second-order valence-electron chi connectivity index (χ2n) is 7.62. The van der Waals surface area contributed by atoms with E-state index < -0.39 is 22.6 Å². The van der Waals surface area contributed by atoms with E-state index in [-0.39, 0.29) is 5.97 Å². The topological polar surface area (TPSA) is 64.6 Å². The molecule has 5 nitrogen and oxygen atoms in total. The Morgan fingerprint density at radius 1 is 1.10 bits per heavy atom. The molecule has 0 aromatic heterocycles. The molecular formula is C15H23NO4. The maximum absolute atomic E-state index is 12.3. The molecule has 4 saturated carbocycles. The van der Waals surface area contributed by atoms with E-state index in [4.69, 9.17) is 9.47 Å². The Labute approximate surface area is 119 Å². The first kappa shape index (κ1) is 13.7. The number of hydrogen-bond donors (Lipinski definition) is 1. The molecule has 2 unspecified atom stereocenters. The quantitative estimate of drug-likeness (QED) is 0.788. The van der Waals surface area contributed by atoms with Gasteiger partial charge in [0, 0.05) is 0 Å². The number of esters is 1. The van der Waals surface area contributed by atoms with Crippen LogP contribution in [0.4, 0.5) is 4.79 Å². The number of carbonyl (C=O) groups is 2. The van der Waals surface area contributed by atoms with Gasteiger partial charge in [0.15, 0.2) is 0 Å². The van der Waals surface area contributed by atoms with E-state index in [2.05, 4.69) is 5.32 Å². The zero-order chi connectivity index (χ0) is 14.8. The summed E-state index contributed by atoms with van der Waals surface area (Å²) in [5.41, 5.74) is -1.50. The van der Waals surface area contributed by atoms with Gasteiger partial charge < -0.3 is 14.8 Å². The average Bonchev–Trinajstić information content (AvgIpc) is 2.94. The van der Waals surface area contributed by atoms with Crippen LogP contribution in [0.2, 0.25) is 0 Å². The second kappa shape index (κ2) is 3.89. The predicted octanol–water partition coefficient (Wildman–Crippen LogP) is 2.24. The zero-order valence-corrected chi connectivity index (χ0v) is 12.6. The van der Waals surface area contributed by atoms with Crippen molar-refractivity contribution in [2.24, 2.45) is 17.3 Å². The van der Waals surface area contributed by atoms with Crippen LogP contribution in [0, 0.1) is 17.3 Å². The molecular weight excluding hydrogens is 258 g/mol. The van der Waals surface area contributed by atoms with Crippen LogP contribution in [-0.4, -0.2) is 30.3 Å². The zero-order valence-electron chi connectivity index (χ0n) is 12.6. The van der Waals surface area contributed by atoms with E-state index in [1.54, 1.807) is 0 Å². The van der Waals surface area contributed by atoms with Gasteiger partial charge in [-0.2, -0.15) is 0 Å². The second-order valence-corrected chi connectivity index (χ2v) is 7.62.